The highest BCUT2D eigenvalue weighted by atomic mass is 16.4. The van der Waals surface area contributed by atoms with Crippen LogP contribution in [-0.4, -0.2) is 32.8 Å². The van der Waals surface area contributed by atoms with Crippen molar-refractivity contribution in [2.45, 2.75) is 38.8 Å². The fourth-order valence-electron chi connectivity index (χ4n) is 2.28. The average Bonchev–Trinajstić information content (AvgIpc) is 2.54. The Morgan fingerprint density at radius 2 is 2.09 bits per heavy atom. The predicted octanol–water partition coefficient (Wildman–Crippen LogP) is 1.16. The third kappa shape index (κ3) is 4.15. The minimum atomic E-state index is -1.08. The second-order valence-electron chi connectivity index (χ2n) is 5.30. The van der Waals surface area contributed by atoms with Crippen LogP contribution in [0, 0.1) is 0 Å². The quantitative estimate of drug-likeness (QED) is 0.798. The van der Waals surface area contributed by atoms with Gasteiger partial charge in [-0.3, -0.25) is 9.59 Å². The summed E-state index contributed by atoms with van der Waals surface area (Å²) in [4.78, 5) is 35.4. The number of hydrogen-bond acceptors (Lipinski definition) is 4. The van der Waals surface area contributed by atoms with Crippen molar-refractivity contribution in [2.75, 3.05) is 0 Å². The first kappa shape index (κ1) is 16.7. The normalized spacial score (nSPS) is 12.0. The van der Waals surface area contributed by atoms with Crippen LogP contribution in [0.3, 0.4) is 0 Å². The summed E-state index contributed by atoms with van der Waals surface area (Å²) in [6.07, 6.45) is 3.41. The molecule has 122 valence electrons. The molecule has 1 amide bonds. The van der Waals surface area contributed by atoms with Crippen molar-refractivity contribution in [1.29, 1.82) is 0 Å². The first-order valence-electron chi connectivity index (χ1n) is 7.50. The van der Waals surface area contributed by atoms with Gasteiger partial charge in [-0.2, -0.15) is 5.10 Å². The fraction of sp³-hybridized carbons (Fsp3) is 0.375. The molecule has 0 aliphatic rings. The molecule has 7 heteroatoms. The van der Waals surface area contributed by atoms with E-state index in [-0.39, 0.29) is 12.1 Å². The van der Waals surface area contributed by atoms with Gasteiger partial charge in [0, 0.05) is 5.39 Å². The number of fused-ring (bicyclic) bond motifs is 1. The lowest BCUT2D eigenvalue weighted by molar-refractivity contribution is -0.142. The van der Waals surface area contributed by atoms with Crippen LogP contribution in [-0.2, 0) is 16.1 Å². The van der Waals surface area contributed by atoms with Crippen LogP contribution in [0.15, 0.2) is 35.3 Å². The van der Waals surface area contributed by atoms with Gasteiger partial charge in [0.2, 0.25) is 5.91 Å². The number of nitrogens with zero attached hydrogens (tertiary/aromatic N) is 2. The van der Waals surface area contributed by atoms with Crippen LogP contribution in [0.4, 0.5) is 0 Å². The number of carbonyl (C=O) groups is 2. The lowest BCUT2D eigenvalue weighted by Gasteiger charge is -2.14. The molecule has 1 unspecified atom stereocenters. The van der Waals surface area contributed by atoms with E-state index in [2.05, 4.69) is 10.4 Å². The number of carboxylic acid groups (broad SMARTS) is 1. The summed E-state index contributed by atoms with van der Waals surface area (Å²) >= 11 is 0. The maximum Gasteiger partial charge on any atom is 0.326 e. The molecule has 0 spiro atoms. The molecule has 2 rings (SSSR count). The van der Waals surface area contributed by atoms with E-state index in [1.54, 1.807) is 24.3 Å². The maximum absolute atomic E-state index is 12.3. The van der Waals surface area contributed by atoms with Crippen molar-refractivity contribution in [3.63, 3.8) is 0 Å². The zero-order chi connectivity index (χ0) is 16.8. The van der Waals surface area contributed by atoms with Gasteiger partial charge in [0.15, 0.2) is 0 Å². The second kappa shape index (κ2) is 7.53. The third-order valence-corrected chi connectivity index (χ3v) is 3.53. The van der Waals surface area contributed by atoms with Gasteiger partial charge in [0.05, 0.1) is 11.6 Å². The Kier molecular flexibility index (Phi) is 5.46. The van der Waals surface area contributed by atoms with Gasteiger partial charge < -0.3 is 10.4 Å². The molecule has 0 bridgehead atoms. The predicted molar refractivity (Wildman–Crippen MR) is 85.1 cm³/mol. The Labute approximate surface area is 132 Å². The van der Waals surface area contributed by atoms with Crippen molar-refractivity contribution in [1.82, 2.24) is 15.1 Å². The molecule has 1 aromatic heterocycles. The van der Waals surface area contributed by atoms with Crippen LogP contribution in [0.25, 0.3) is 10.8 Å². The smallest absolute Gasteiger partial charge is 0.326 e. The fourth-order valence-corrected chi connectivity index (χ4v) is 2.28. The molecule has 0 fully saturated rings. The SMILES string of the molecule is CCCCC(NC(=O)Cn1ncc2ccccc2c1=O)C(=O)O. The topological polar surface area (TPSA) is 101 Å². The number of carbonyl (C=O) groups excluding carboxylic acids is 1. The van der Waals surface area contributed by atoms with Crippen LogP contribution < -0.4 is 10.9 Å². The highest BCUT2D eigenvalue weighted by molar-refractivity contribution is 5.84. The lowest BCUT2D eigenvalue weighted by atomic mass is 10.1. The van der Waals surface area contributed by atoms with Gasteiger partial charge in [-0.05, 0) is 12.5 Å². The monoisotopic (exact) mass is 317 g/mol. The summed E-state index contributed by atoms with van der Waals surface area (Å²) in [5, 5.41) is 16.7. The number of carboxylic acids is 1. The van der Waals surface area contributed by atoms with Gasteiger partial charge in [0.1, 0.15) is 12.6 Å². The molecule has 0 saturated heterocycles. The molecule has 0 radical (unpaired) electrons. The number of amides is 1. The summed E-state index contributed by atoms with van der Waals surface area (Å²) in [5.41, 5.74) is -0.376. The van der Waals surface area contributed by atoms with E-state index >= 15 is 0 Å². The molecule has 0 aliphatic carbocycles. The zero-order valence-corrected chi connectivity index (χ0v) is 12.9. The third-order valence-electron chi connectivity index (χ3n) is 3.53. The average molecular weight is 317 g/mol. The molecule has 1 aromatic carbocycles. The molecule has 0 saturated carbocycles. The highest BCUT2D eigenvalue weighted by Crippen LogP contribution is 2.06. The molecule has 1 heterocycles. The Morgan fingerprint density at radius 3 is 2.78 bits per heavy atom. The Bertz CT molecular complexity index is 769. The molecular weight excluding hydrogens is 298 g/mol. The first-order valence-corrected chi connectivity index (χ1v) is 7.50. The van der Waals surface area contributed by atoms with Gasteiger partial charge in [-0.25, -0.2) is 9.48 Å². The van der Waals surface area contributed by atoms with E-state index < -0.39 is 17.9 Å². The van der Waals surface area contributed by atoms with Crippen LogP contribution in [0.5, 0.6) is 0 Å². The Morgan fingerprint density at radius 1 is 1.35 bits per heavy atom. The van der Waals surface area contributed by atoms with E-state index in [0.29, 0.717) is 23.6 Å². The Hall–Kier alpha value is -2.70. The molecule has 2 aromatic rings. The van der Waals surface area contributed by atoms with Crippen LogP contribution in [0.2, 0.25) is 0 Å². The summed E-state index contributed by atoms with van der Waals surface area (Å²) in [6, 6.07) is 6.01. The number of benzene rings is 1. The molecule has 0 aliphatic heterocycles. The number of aliphatic carboxylic acids is 1. The highest BCUT2D eigenvalue weighted by Gasteiger charge is 2.19. The molecule has 7 nitrogen and oxygen atoms in total. The van der Waals surface area contributed by atoms with Gasteiger partial charge in [0.25, 0.3) is 5.56 Å². The molecule has 23 heavy (non-hydrogen) atoms. The van der Waals surface area contributed by atoms with Crippen LogP contribution >= 0.6 is 0 Å². The second-order valence-corrected chi connectivity index (χ2v) is 5.30. The van der Waals surface area contributed by atoms with E-state index in [4.69, 9.17) is 5.11 Å². The van der Waals surface area contributed by atoms with Crippen molar-refractivity contribution in [2.24, 2.45) is 0 Å². The number of nitrogens with one attached hydrogen (secondary N) is 1. The standard InChI is InChI=1S/C16H19N3O4/c1-2-3-8-13(16(22)23)18-14(20)10-19-15(21)12-7-5-4-6-11(12)9-17-19/h4-7,9,13H,2-3,8,10H2,1H3,(H,18,20)(H,22,23). The van der Waals surface area contributed by atoms with Gasteiger partial charge in [-0.1, -0.05) is 38.0 Å². The van der Waals surface area contributed by atoms with E-state index in [0.717, 1.165) is 11.1 Å². The van der Waals surface area contributed by atoms with E-state index in [1.807, 2.05) is 6.92 Å². The van der Waals surface area contributed by atoms with Crippen molar-refractivity contribution < 1.29 is 14.7 Å². The van der Waals surface area contributed by atoms with Gasteiger partial charge >= 0.3 is 5.97 Å². The maximum atomic E-state index is 12.3. The Balaban J connectivity index is 2.12. The number of aromatic nitrogens is 2. The van der Waals surface area contributed by atoms with E-state index in [9.17, 15) is 14.4 Å². The van der Waals surface area contributed by atoms with Crippen molar-refractivity contribution in [3.05, 3.63) is 40.8 Å². The number of hydrogen-bond donors (Lipinski definition) is 2. The van der Waals surface area contributed by atoms with Gasteiger partial charge in [-0.15, -0.1) is 0 Å². The largest absolute Gasteiger partial charge is 0.480 e. The van der Waals surface area contributed by atoms with Crippen LogP contribution in [0.1, 0.15) is 26.2 Å². The lowest BCUT2D eigenvalue weighted by Crippen LogP contribution is -2.43. The number of rotatable bonds is 7. The number of unbranched alkanes of at least 4 members (excludes halogenated alkanes) is 1. The summed E-state index contributed by atoms with van der Waals surface area (Å²) in [6.45, 7) is 1.64. The summed E-state index contributed by atoms with van der Waals surface area (Å²) < 4.78 is 1.04. The minimum Gasteiger partial charge on any atom is -0.480 e. The summed E-state index contributed by atoms with van der Waals surface area (Å²) in [7, 11) is 0. The molecule has 1 atom stereocenters. The molecular formula is C16H19N3O4. The van der Waals surface area contributed by atoms with E-state index in [1.165, 1.54) is 6.20 Å². The minimum absolute atomic E-state index is 0.306. The molecule has 2 N–H and O–H groups in total. The van der Waals surface area contributed by atoms with Crippen molar-refractivity contribution >= 4 is 22.6 Å². The first-order chi connectivity index (χ1) is 11.0. The summed E-state index contributed by atoms with van der Waals surface area (Å²) in [5.74, 6) is -1.62. The zero-order valence-electron chi connectivity index (χ0n) is 12.9. The van der Waals surface area contributed by atoms with Crippen molar-refractivity contribution in [3.8, 4) is 0 Å².